The fraction of sp³-hybridized carbons (Fsp3) is 0.650. The number of carbonyl (C=O) groups is 1. The van der Waals surface area contributed by atoms with Crippen LogP contribution in [0.4, 0.5) is 10.5 Å². The minimum atomic E-state index is -2.80. The Kier molecular flexibility index (Phi) is 13.4. The standard InChI is InChI=1S/C20H36N2O10Si2/c1-26-33(27-2,28-3)15-9-13-21(14-10-16-34(29-4,30-5)31-6)20(23)32-17-18-11-7-8-12-19(18)22(24)25/h7-8,11-12H,9-10,13-17H2,1-6H3. The molecule has 0 N–H and O–H groups in total. The van der Waals surface area contributed by atoms with Gasteiger partial charge in [0.15, 0.2) is 0 Å². The molecule has 1 amide bonds. The van der Waals surface area contributed by atoms with E-state index in [1.165, 1.54) is 53.6 Å². The summed E-state index contributed by atoms with van der Waals surface area (Å²) in [6.45, 7) is 0.483. The van der Waals surface area contributed by atoms with E-state index in [0.29, 0.717) is 43.6 Å². The van der Waals surface area contributed by atoms with Gasteiger partial charge >= 0.3 is 23.7 Å². The van der Waals surface area contributed by atoms with Gasteiger partial charge in [0.2, 0.25) is 0 Å². The van der Waals surface area contributed by atoms with Gasteiger partial charge in [0, 0.05) is 73.9 Å². The highest BCUT2D eigenvalue weighted by Gasteiger charge is 2.38. The third-order valence-electron chi connectivity index (χ3n) is 5.49. The molecule has 1 rings (SSSR count). The molecule has 14 heteroatoms. The Bertz CT molecular complexity index is 720. The first-order valence-electron chi connectivity index (χ1n) is 10.7. The predicted octanol–water partition coefficient (Wildman–Crippen LogP) is 3.07. The zero-order chi connectivity index (χ0) is 25.6. The van der Waals surface area contributed by atoms with E-state index in [1.54, 1.807) is 18.2 Å². The number of hydrogen-bond acceptors (Lipinski definition) is 10. The SMILES string of the molecule is CO[Si](CCCN(CCC[Si](OC)(OC)OC)C(=O)OCc1ccccc1[N+](=O)[O-])(OC)OC. The molecule has 1 aromatic carbocycles. The van der Waals surface area contributed by atoms with Crippen LogP contribution in [0.3, 0.4) is 0 Å². The van der Waals surface area contributed by atoms with E-state index in [4.69, 9.17) is 31.3 Å². The number of nitro groups is 1. The molecule has 0 radical (unpaired) electrons. The maximum absolute atomic E-state index is 12.9. The average Bonchev–Trinajstić information content (AvgIpc) is 2.87. The van der Waals surface area contributed by atoms with Gasteiger partial charge in [-0.2, -0.15) is 0 Å². The second-order valence-corrected chi connectivity index (χ2v) is 13.4. The summed E-state index contributed by atoms with van der Waals surface area (Å²) in [4.78, 5) is 25.2. The summed E-state index contributed by atoms with van der Waals surface area (Å²) in [5, 5.41) is 11.2. The van der Waals surface area contributed by atoms with Crippen molar-refractivity contribution < 1.29 is 41.0 Å². The fourth-order valence-corrected chi connectivity index (χ4v) is 6.83. The van der Waals surface area contributed by atoms with Crippen LogP contribution < -0.4 is 0 Å². The van der Waals surface area contributed by atoms with Crippen LogP contribution in [0.2, 0.25) is 12.1 Å². The molecule has 1 aromatic rings. The van der Waals surface area contributed by atoms with Crippen molar-refractivity contribution in [1.82, 2.24) is 4.90 Å². The number of nitrogens with zero attached hydrogens (tertiary/aromatic N) is 2. The molecule has 0 saturated carbocycles. The van der Waals surface area contributed by atoms with Crippen LogP contribution in [-0.2, 0) is 37.9 Å². The van der Waals surface area contributed by atoms with Gasteiger partial charge in [-0.15, -0.1) is 0 Å². The minimum Gasteiger partial charge on any atom is -0.444 e. The van der Waals surface area contributed by atoms with Crippen molar-refractivity contribution >= 4 is 29.4 Å². The van der Waals surface area contributed by atoms with Crippen molar-refractivity contribution in [3.8, 4) is 0 Å². The van der Waals surface area contributed by atoms with Crippen LogP contribution >= 0.6 is 0 Å². The smallest absolute Gasteiger partial charge is 0.444 e. The van der Waals surface area contributed by atoms with Gasteiger partial charge in [-0.05, 0) is 18.9 Å². The summed E-state index contributed by atoms with van der Waals surface area (Å²) < 4.78 is 38.1. The Balaban J connectivity index is 2.86. The molecule has 0 unspecified atom stereocenters. The number of nitro benzene ring substituents is 1. The van der Waals surface area contributed by atoms with Crippen molar-refractivity contribution in [2.75, 3.05) is 55.7 Å². The first-order valence-corrected chi connectivity index (χ1v) is 14.6. The molecule has 194 valence electrons. The number of para-hydroxylation sites is 1. The molecular weight excluding hydrogens is 484 g/mol. The van der Waals surface area contributed by atoms with Crippen molar-refractivity contribution in [1.29, 1.82) is 0 Å². The fourth-order valence-electron chi connectivity index (χ4n) is 3.42. The molecule has 0 atom stereocenters. The van der Waals surface area contributed by atoms with E-state index in [9.17, 15) is 14.9 Å². The zero-order valence-electron chi connectivity index (χ0n) is 20.7. The molecule has 0 aliphatic rings. The highest BCUT2D eigenvalue weighted by molar-refractivity contribution is 6.60. The topological polar surface area (TPSA) is 128 Å². The third kappa shape index (κ3) is 8.70. The number of ether oxygens (including phenoxy) is 1. The molecule has 0 aliphatic carbocycles. The first kappa shape index (κ1) is 30.1. The van der Waals surface area contributed by atoms with E-state index >= 15 is 0 Å². The third-order valence-corrected chi connectivity index (χ3v) is 11.1. The van der Waals surface area contributed by atoms with Crippen LogP contribution in [-0.4, -0.2) is 89.3 Å². The van der Waals surface area contributed by atoms with Gasteiger partial charge < -0.3 is 36.2 Å². The highest BCUT2D eigenvalue weighted by Crippen LogP contribution is 2.21. The molecule has 0 spiro atoms. The molecule has 12 nitrogen and oxygen atoms in total. The van der Waals surface area contributed by atoms with Crippen molar-refractivity contribution in [3.63, 3.8) is 0 Å². The minimum absolute atomic E-state index is 0.103. The Labute approximate surface area is 202 Å². The monoisotopic (exact) mass is 520 g/mol. The lowest BCUT2D eigenvalue weighted by Gasteiger charge is -2.28. The first-order chi connectivity index (χ1) is 16.3. The number of rotatable bonds is 17. The lowest BCUT2D eigenvalue weighted by molar-refractivity contribution is -0.385. The van der Waals surface area contributed by atoms with E-state index in [1.807, 2.05) is 0 Å². The van der Waals surface area contributed by atoms with E-state index in [0.717, 1.165) is 0 Å². The van der Waals surface area contributed by atoms with Gasteiger partial charge in [-0.1, -0.05) is 12.1 Å². The van der Waals surface area contributed by atoms with Gasteiger partial charge in [0.05, 0.1) is 10.5 Å². The Morgan fingerprint density at radius 2 is 1.29 bits per heavy atom. The van der Waals surface area contributed by atoms with Crippen LogP contribution in [0, 0.1) is 10.1 Å². The van der Waals surface area contributed by atoms with Crippen molar-refractivity contribution in [3.05, 3.63) is 39.9 Å². The molecule has 0 bridgehead atoms. The van der Waals surface area contributed by atoms with Crippen molar-refractivity contribution in [2.45, 2.75) is 31.5 Å². The summed E-state index contributed by atoms with van der Waals surface area (Å²) in [6.07, 6.45) is 0.505. The summed E-state index contributed by atoms with van der Waals surface area (Å²) in [6, 6.07) is 7.14. The second-order valence-electron chi connectivity index (χ2n) is 7.23. The molecule has 0 fully saturated rings. The molecule has 0 aliphatic heterocycles. The highest BCUT2D eigenvalue weighted by atomic mass is 28.4. The summed E-state index contributed by atoms with van der Waals surface area (Å²) in [7, 11) is 3.59. The van der Waals surface area contributed by atoms with Crippen LogP contribution in [0.25, 0.3) is 0 Å². The zero-order valence-corrected chi connectivity index (χ0v) is 22.7. The number of carbonyl (C=O) groups excluding carboxylic acids is 1. The molecule has 0 saturated heterocycles. The number of amides is 1. The maximum Gasteiger partial charge on any atom is 0.500 e. The van der Waals surface area contributed by atoms with Crippen LogP contribution in [0.15, 0.2) is 24.3 Å². The number of benzene rings is 1. The Morgan fingerprint density at radius 1 is 0.853 bits per heavy atom. The Morgan fingerprint density at radius 3 is 1.71 bits per heavy atom. The lowest BCUT2D eigenvalue weighted by Crippen LogP contribution is -2.44. The molecular formula is C20H36N2O10Si2. The maximum atomic E-state index is 12.9. The van der Waals surface area contributed by atoms with Gasteiger partial charge in [0.1, 0.15) is 6.61 Å². The van der Waals surface area contributed by atoms with E-state index < -0.39 is 28.6 Å². The molecule has 34 heavy (non-hydrogen) atoms. The molecule has 0 heterocycles. The van der Waals surface area contributed by atoms with Gasteiger partial charge in [-0.3, -0.25) is 10.1 Å². The van der Waals surface area contributed by atoms with Gasteiger partial charge in [0.25, 0.3) is 5.69 Å². The van der Waals surface area contributed by atoms with Gasteiger partial charge in [-0.25, -0.2) is 4.79 Å². The summed E-state index contributed by atoms with van der Waals surface area (Å²) in [5.41, 5.74) is 0.212. The summed E-state index contributed by atoms with van der Waals surface area (Å²) in [5.74, 6) is 0. The van der Waals surface area contributed by atoms with Crippen LogP contribution in [0.1, 0.15) is 18.4 Å². The summed E-state index contributed by atoms with van der Waals surface area (Å²) >= 11 is 0. The van der Waals surface area contributed by atoms with E-state index in [-0.39, 0.29) is 12.3 Å². The Hall–Kier alpha value is -1.92. The average molecular weight is 521 g/mol. The normalized spacial score (nSPS) is 11.9. The van der Waals surface area contributed by atoms with Crippen LogP contribution in [0.5, 0.6) is 0 Å². The number of hydrogen-bond donors (Lipinski definition) is 0. The lowest BCUT2D eigenvalue weighted by atomic mass is 10.2. The quantitative estimate of drug-likeness (QED) is 0.172. The second kappa shape index (κ2) is 15.2. The van der Waals surface area contributed by atoms with Crippen molar-refractivity contribution in [2.24, 2.45) is 0 Å². The molecule has 0 aromatic heterocycles. The largest absolute Gasteiger partial charge is 0.500 e. The van der Waals surface area contributed by atoms with E-state index in [2.05, 4.69) is 0 Å². The predicted molar refractivity (Wildman–Crippen MR) is 127 cm³/mol.